The number of hydrogen-bond donors (Lipinski definition) is 3. The molecule has 0 amide bonds. The Labute approximate surface area is 208 Å². The molecule has 7 nitrogen and oxygen atoms in total. The molecule has 1 saturated heterocycles. The zero-order valence-corrected chi connectivity index (χ0v) is 21.2. The minimum absolute atomic E-state index is 0. The molecule has 1 fully saturated rings. The molecule has 0 aliphatic carbocycles. The molecule has 0 radical (unpaired) electrons. The number of nitrogens with zero attached hydrogens (tertiary/aromatic N) is 2. The van der Waals surface area contributed by atoms with Crippen LogP contribution in [0.25, 0.3) is 0 Å². The van der Waals surface area contributed by atoms with Crippen LogP contribution in [0.3, 0.4) is 0 Å². The molecule has 0 spiro atoms. The van der Waals surface area contributed by atoms with Crippen LogP contribution in [0, 0.1) is 0 Å². The van der Waals surface area contributed by atoms with Crippen molar-refractivity contribution in [3.63, 3.8) is 0 Å². The fourth-order valence-electron chi connectivity index (χ4n) is 3.82. The Hall–Kier alpha value is -1.88. The average Bonchev–Trinajstić information content (AvgIpc) is 2.85. The zero-order chi connectivity index (χ0) is 21.9. The predicted octanol–water partition coefficient (Wildman–Crippen LogP) is 2.63. The number of halogens is 1. The lowest BCUT2D eigenvalue weighted by Gasteiger charge is -2.35. The molecule has 2 unspecified atom stereocenters. The van der Waals surface area contributed by atoms with Crippen molar-refractivity contribution < 1.29 is 14.6 Å². The minimum Gasteiger partial charge on any atom is -0.497 e. The van der Waals surface area contributed by atoms with Crippen molar-refractivity contribution in [1.82, 2.24) is 15.5 Å². The Kier molecular flexibility index (Phi) is 11.8. The van der Waals surface area contributed by atoms with Gasteiger partial charge in [0, 0.05) is 39.1 Å². The van der Waals surface area contributed by atoms with Crippen LogP contribution in [0.15, 0.2) is 59.6 Å². The van der Waals surface area contributed by atoms with Gasteiger partial charge in [-0.05, 0) is 23.3 Å². The van der Waals surface area contributed by atoms with Crippen LogP contribution in [0.4, 0.5) is 0 Å². The lowest BCUT2D eigenvalue weighted by Crippen LogP contribution is -2.47. The second-order valence-electron chi connectivity index (χ2n) is 7.56. The van der Waals surface area contributed by atoms with Gasteiger partial charge in [0.15, 0.2) is 5.96 Å². The van der Waals surface area contributed by atoms with E-state index < -0.39 is 0 Å². The van der Waals surface area contributed by atoms with Crippen molar-refractivity contribution in [2.24, 2.45) is 4.99 Å². The maximum Gasteiger partial charge on any atom is 0.191 e. The number of aliphatic imine (C=N–C) groups is 1. The average molecular weight is 554 g/mol. The summed E-state index contributed by atoms with van der Waals surface area (Å²) in [6.45, 7) is 4.67. The molecular weight excluding hydrogens is 519 g/mol. The van der Waals surface area contributed by atoms with E-state index in [0.29, 0.717) is 13.1 Å². The summed E-state index contributed by atoms with van der Waals surface area (Å²) in [6.07, 6.45) is 0. The molecule has 0 bridgehead atoms. The third kappa shape index (κ3) is 7.61. The first-order valence-electron chi connectivity index (χ1n) is 10.8. The smallest absolute Gasteiger partial charge is 0.191 e. The van der Waals surface area contributed by atoms with Gasteiger partial charge < -0.3 is 25.2 Å². The minimum atomic E-state index is 0. The summed E-state index contributed by atoms with van der Waals surface area (Å²) in [5.74, 6) is 1.59. The summed E-state index contributed by atoms with van der Waals surface area (Å²) in [7, 11) is 3.45. The van der Waals surface area contributed by atoms with Crippen LogP contribution in [0.1, 0.15) is 23.1 Å². The summed E-state index contributed by atoms with van der Waals surface area (Å²) in [6, 6.07) is 18.5. The summed E-state index contributed by atoms with van der Waals surface area (Å²) < 4.78 is 10.9. The first-order chi connectivity index (χ1) is 15.2. The molecule has 0 saturated carbocycles. The third-order valence-electron chi connectivity index (χ3n) is 5.68. The number of benzene rings is 2. The van der Waals surface area contributed by atoms with E-state index in [0.717, 1.165) is 43.6 Å². The number of aliphatic hydroxyl groups is 1. The number of ether oxygens (including phenoxy) is 2. The quantitative estimate of drug-likeness (QED) is 0.252. The second kappa shape index (κ2) is 14.3. The number of methoxy groups -OCH3 is 1. The van der Waals surface area contributed by atoms with Gasteiger partial charge in [-0.2, -0.15) is 0 Å². The number of morpholine rings is 1. The summed E-state index contributed by atoms with van der Waals surface area (Å²) in [4.78, 5) is 6.81. The Balaban J connectivity index is 0.00000363. The predicted molar refractivity (Wildman–Crippen MR) is 139 cm³/mol. The molecule has 1 aliphatic heterocycles. The van der Waals surface area contributed by atoms with E-state index in [9.17, 15) is 5.11 Å². The van der Waals surface area contributed by atoms with Gasteiger partial charge in [0.2, 0.25) is 0 Å². The highest BCUT2D eigenvalue weighted by Crippen LogP contribution is 2.23. The highest BCUT2D eigenvalue weighted by molar-refractivity contribution is 14.0. The molecule has 2 atom stereocenters. The molecule has 32 heavy (non-hydrogen) atoms. The van der Waals surface area contributed by atoms with E-state index in [2.05, 4.69) is 32.7 Å². The first-order valence-corrected chi connectivity index (χ1v) is 10.8. The monoisotopic (exact) mass is 554 g/mol. The van der Waals surface area contributed by atoms with Crippen molar-refractivity contribution in [3.05, 3.63) is 65.7 Å². The number of aliphatic hydroxyl groups excluding tert-OH is 1. The fourth-order valence-corrected chi connectivity index (χ4v) is 3.82. The van der Waals surface area contributed by atoms with Crippen LogP contribution in [-0.2, 0) is 4.74 Å². The SMILES string of the molecule is CN=C(NCC(CO)c1ccccc1)NCC(c1ccc(OC)cc1)N1CCOCC1.I. The summed E-state index contributed by atoms with van der Waals surface area (Å²) in [5, 5.41) is 16.6. The zero-order valence-electron chi connectivity index (χ0n) is 18.9. The molecule has 3 rings (SSSR count). The van der Waals surface area contributed by atoms with E-state index >= 15 is 0 Å². The molecule has 2 aromatic carbocycles. The Bertz CT molecular complexity index is 799. The standard InChI is InChI=1S/C24H34N4O3.HI/c1-25-24(26-16-21(18-29)19-6-4-3-5-7-19)27-17-23(28-12-14-31-15-13-28)20-8-10-22(30-2)11-9-20;/h3-11,21,23,29H,12-18H2,1-2H3,(H2,25,26,27);1H. The van der Waals surface area contributed by atoms with Crippen molar-refractivity contribution in [3.8, 4) is 5.75 Å². The number of rotatable bonds is 9. The number of hydrogen-bond acceptors (Lipinski definition) is 5. The summed E-state index contributed by atoms with van der Waals surface area (Å²) in [5.41, 5.74) is 2.33. The molecule has 8 heteroatoms. The Morgan fingerprint density at radius 1 is 1.03 bits per heavy atom. The maximum atomic E-state index is 9.82. The number of guanidine groups is 1. The van der Waals surface area contributed by atoms with Gasteiger partial charge in [-0.3, -0.25) is 9.89 Å². The van der Waals surface area contributed by atoms with Crippen LogP contribution in [0.5, 0.6) is 5.75 Å². The molecule has 2 aromatic rings. The molecule has 1 aliphatic rings. The Morgan fingerprint density at radius 2 is 1.69 bits per heavy atom. The van der Waals surface area contributed by atoms with Gasteiger partial charge in [-0.15, -0.1) is 24.0 Å². The molecule has 1 heterocycles. The third-order valence-corrected chi connectivity index (χ3v) is 5.68. The van der Waals surface area contributed by atoms with Crippen LogP contribution in [0.2, 0.25) is 0 Å². The van der Waals surface area contributed by atoms with Crippen molar-refractivity contribution >= 4 is 29.9 Å². The summed E-state index contributed by atoms with van der Waals surface area (Å²) >= 11 is 0. The molecule has 3 N–H and O–H groups in total. The van der Waals surface area contributed by atoms with E-state index in [1.807, 2.05) is 42.5 Å². The first kappa shape index (κ1) is 26.4. The van der Waals surface area contributed by atoms with E-state index in [1.165, 1.54) is 5.56 Å². The topological polar surface area (TPSA) is 78.4 Å². The van der Waals surface area contributed by atoms with Crippen molar-refractivity contribution in [2.45, 2.75) is 12.0 Å². The fraction of sp³-hybridized carbons (Fsp3) is 0.458. The molecule has 0 aromatic heterocycles. The van der Waals surface area contributed by atoms with Crippen LogP contribution < -0.4 is 15.4 Å². The Morgan fingerprint density at radius 3 is 2.28 bits per heavy atom. The van der Waals surface area contributed by atoms with Gasteiger partial charge in [-0.1, -0.05) is 42.5 Å². The second-order valence-corrected chi connectivity index (χ2v) is 7.56. The van der Waals surface area contributed by atoms with Gasteiger partial charge in [0.25, 0.3) is 0 Å². The van der Waals surface area contributed by atoms with E-state index in [1.54, 1.807) is 14.2 Å². The lowest BCUT2D eigenvalue weighted by atomic mass is 10.0. The molecular formula is C24H35IN4O3. The van der Waals surface area contributed by atoms with Crippen molar-refractivity contribution in [2.75, 3.05) is 60.2 Å². The van der Waals surface area contributed by atoms with Gasteiger partial charge >= 0.3 is 0 Å². The van der Waals surface area contributed by atoms with Crippen LogP contribution in [-0.4, -0.2) is 76.1 Å². The van der Waals surface area contributed by atoms with E-state index in [4.69, 9.17) is 9.47 Å². The lowest BCUT2D eigenvalue weighted by molar-refractivity contribution is 0.0170. The maximum absolute atomic E-state index is 9.82. The van der Waals surface area contributed by atoms with Gasteiger partial charge in [0.1, 0.15) is 5.75 Å². The van der Waals surface area contributed by atoms with E-state index in [-0.39, 0.29) is 42.5 Å². The highest BCUT2D eigenvalue weighted by Gasteiger charge is 2.23. The van der Waals surface area contributed by atoms with Gasteiger partial charge in [0.05, 0.1) is 33.0 Å². The van der Waals surface area contributed by atoms with Crippen molar-refractivity contribution in [1.29, 1.82) is 0 Å². The van der Waals surface area contributed by atoms with Gasteiger partial charge in [-0.25, -0.2) is 0 Å². The molecule has 176 valence electrons. The van der Waals surface area contributed by atoms with Crippen LogP contribution >= 0.6 is 24.0 Å². The highest BCUT2D eigenvalue weighted by atomic mass is 127. The number of nitrogens with one attached hydrogen (secondary N) is 2. The normalized spacial score (nSPS) is 16.5. The largest absolute Gasteiger partial charge is 0.497 e.